The summed E-state index contributed by atoms with van der Waals surface area (Å²) in [4.78, 5) is 23.9. The molecule has 3 aromatic rings. The molecule has 0 spiro atoms. The predicted octanol–water partition coefficient (Wildman–Crippen LogP) is 3.65. The summed E-state index contributed by atoms with van der Waals surface area (Å²) < 4.78 is 2.00. The maximum absolute atomic E-state index is 12.8. The van der Waals surface area contributed by atoms with Crippen LogP contribution in [0.15, 0.2) is 36.0 Å². The molecule has 0 aliphatic rings. The van der Waals surface area contributed by atoms with Gasteiger partial charge in [0.15, 0.2) is 0 Å². The van der Waals surface area contributed by atoms with Crippen LogP contribution in [0, 0.1) is 0 Å². The van der Waals surface area contributed by atoms with Gasteiger partial charge in [0.25, 0.3) is 0 Å². The lowest BCUT2D eigenvalue weighted by molar-refractivity contribution is -0.130. The van der Waals surface area contributed by atoms with Crippen LogP contribution in [0.2, 0.25) is 0 Å². The molecule has 0 aromatic carbocycles. The first kappa shape index (κ1) is 16.6. The molecule has 3 rings (SSSR count). The average molecular weight is 342 g/mol. The van der Waals surface area contributed by atoms with Gasteiger partial charge in [0, 0.05) is 30.9 Å². The van der Waals surface area contributed by atoms with E-state index in [4.69, 9.17) is 4.98 Å². The van der Waals surface area contributed by atoms with Crippen LogP contribution in [0.3, 0.4) is 0 Å². The van der Waals surface area contributed by atoms with Gasteiger partial charge in [-0.3, -0.25) is 4.79 Å². The number of imidazole rings is 1. The minimum absolute atomic E-state index is 0.155. The van der Waals surface area contributed by atoms with Gasteiger partial charge in [-0.15, -0.1) is 11.3 Å². The number of aromatic nitrogens is 3. The van der Waals surface area contributed by atoms with E-state index in [1.54, 1.807) is 17.5 Å². The molecule has 0 saturated heterocycles. The lowest BCUT2D eigenvalue weighted by atomic mass is 10.2. The number of carbonyl (C=O) groups excluding carboxylic acids is 1. The molecule has 0 aliphatic carbocycles. The van der Waals surface area contributed by atoms with E-state index < -0.39 is 0 Å². The van der Waals surface area contributed by atoms with Crippen LogP contribution in [-0.2, 0) is 11.2 Å². The van der Waals surface area contributed by atoms with Crippen molar-refractivity contribution in [3.8, 4) is 10.7 Å². The summed E-state index contributed by atoms with van der Waals surface area (Å²) in [7, 11) is 0. The molecule has 0 N–H and O–H groups in total. The zero-order valence-electron chi connectivity index (χ0n) is 14.1. The van der Waals surface area contributed by atoms with Gasteiger partial charge in [0.05, 0.1) is 12.1 Å². The first-order valence-electron chi connectivity index (χ1n) is 8.38. The summed E-state index contributed by atoms with van der Waals surface area (Å²) in [6, 6.07) is 5.88. The van der Waals surface area contributed by atoms with E-state index in [0.29, 0.717) is 6.42 Å². The van der Waals surface area contributed by atoms with Crippen molar-refractivity contribution in [2.45, 2.75) is 33.1 Å². The number of amides is 1. The van der Waals surface area contributed by atoms with Gasteiger partial charge in [-0.05, 0) is 25.0 Å². The van der Waals surface area contributed by atoms with Gasteiger partial charge in [-0.25, -0.2) is 9.97 Å². The van der Waals surface area contributed by atoms with Gasteiger partial charge >= 0.3 is 0 Å². The highest BCUT2D eigenvalue weighted by molar-refractivity contribution is 7.13. The molecule has 0 bridgehead atoms. The number of thiazole rings is 1. The molecule has 0 fully saturated rings. The van der Waals surface area contributed by atoms with E-state index in [2.05, 4.69) is 18.8 Å². The van der Waals surface area contributed by atoms with E-state index in [1.807, 2.05) is 39.1 Å². The van der Waals surface area contributed by atoms with Gasteiger partial charge in [-0.1, -0.05) is 19.9 Å². The molecule has 3 aromatic heterocycles. The summed E-state index contributed by atoms with van der Waals surface area (Å²) in [5.41, 5.74) is 2.59. The Labute approximate surface area is 146 Å². The second-order valence-electron chi connectivity index (χ2n) is 5.73. The van der Waals surface area contributed by atoms with Crippen molar-refractivity contribution in [3.63, 3.8) is 0 Å². The average Bonchev–Trinajstić information content (AvgIpc) is 3.23. The third-order valence-corrected chi connectivity index (χ3v) is 4.70. The summed E-state index contributed by atoms with van der Waals surface area (Å²) in [6.45, 7) is 5.81. The van der Waals surface area contributed by atoms with Crippen molar-refractivity contribution < 1.29 is 4.79 Å². The number of rotatable bonds is 7. The summed E-state index contributed by atoms with van der Waals surface area (Å²) in [5.74, 6) is 0.155. The smallest absolute Gasteiger partial charge is 0.228 e. The largest absolute Gasteiger partial charge is 0.342 e. The molecular weight excluding hydrogens is 320 g/mol. The molecule has 3 heterocycles. The summed E-state index contributed by atoms with van der Waals surface area (Å²) in [6.07, 6.45) is 6.03. The first-order valence-corrected chi connectivity index (χ1v) is 9.26. The fourth-order valence-electron chi connectivity index (χ4n) is 2.88. The van der Waals surface area contributed by atoms with Crippen molar-refractivity contribution >= 4 is 22.9 Å². The Bertz CT molecular complexity index is 804. The van der Waals surface area contributed by atoms with E-state index >= 15 is 0 Å². The molecule has 1 amide bonds. The van der Waals surface area contributed by atoms with Crippen molar-refractivity contribution in [3.05, 3.63) is 41.7 Å². The maximum Gasteiger partial charge on any atom is 0.228 e. The number of fused-ring (bicyclic) bond motifs is 1. The predicted molar refractivity (Wildman–Crippen MR) is 97.2 cm³/mol. The van der Waals surface area contributed by atoms with Gasteiger partial charge in [-0.2, -0.15) is 0 Å². The van der Waals surface area contributed by atoms with Crippen LogP contribution >= 0.6 is 11.3 Å². The fraction of sp³-hybridized carbons (Fsp3) is 0.389. The van der Waals surface area contributed by atoms with E-state index in [9.17, 15) is 4.79 Å². The Morgan fingerprint density at radius 1 is 1.25 bits per heavy atom. The highest BCUT2D eigenvalue weighted by Gasteiger charge is 2.21. The normalized spacial score (nSPS) is 11.1. The van der Waals surface area contributed by atoms with Crippen molar-refractivity contribution in [1.82, 2.24) is 19.3 Å². The highest BCUT2D eigenvalue weighted by atomic mass is 32.1. The third-order valence-electron chi connectivity index (χ3n) is 3.92. The Morgan fingerprint density at radius 2 is 2.04 bits per heavy atom. The number of hydrogen-bond donors (Lipinski definition) is 0. The molecule has 0 saturated carbocycles. The zero-order valence-corrected chi connectivity index (χ0v) is 14.9. The van der Waals surface area contributed by atoms with Crippen LogP contribution < -0.4 is 0 Å². The van der Waals surface area contributed by atoms with Crippen LogP contribution in [0.1, 0.15) is 32.4 Å². The number of nitrogens with zero attached hydrogens (tertiary/aromatic N) is 4. The molecule has 0 radical (unpaired) electrons. The number of hydrogen-bond acceptors (Lipinski definition) is 4. The van der Waals surface area contributed by atoms with Crippen LogP contribution in [0.4, 0.5) is 0 Å². The monoisotopic (exact) mass is 342 g/mol. The second-order valence-corrected chi connectivity index (χ2v) is 6.63. The Kier molecular flexibility index (Phi) is 5.25. The van der Waals surface area contributed by atoms with Gasteiger partial charge in [0.1, 0.15) is 16.3 Å². The topological polar surface area (TPSA) is 50.5 Å². The first-order chi connectivity index (χ1) is 11.7. The fourth-order valence-corrected chi connectivity index (χ4v) is 3.53. The molecule has 0 atom stereocenters. The molecule has 6 heteroatoms. The number of carbonyl (C=O) groups is 1. The SMILES string of the molecule is CCCN(CCC)C(=O)Cc1c(-c2nccs2)nc2ccccn12. The van der Waals surface area contributed by atoms with Gasteiger partial charge in [0.2, 0.25) is 5.91 Å². The van der Waals surface area contributed by atoms with Crippen LogP contribution in [0.25, 0.3) is 16.3 Å². The molecule has 5 nitrogen and oxygen atoms in total. The molecule has 126 valence electrons. The van der Waals surface area contributed by atoms with Crippen LogP contribution in [-0.4, -0.2) is 38.3 Å². The Morgan fingerprint density at radius 3 is 2.71 bits per heavy atom. The lowest BCUT2D eigenvalue weighted by Gasteiger charge is -2.21. The summed E-state index contributed by atoms with van der Waals surface area (Å²) in [5, 5.41) is 2.80. The third kappa shape index (κ3) is 3.33. The Balaban J connectivity index is 1.98. The standard InChI is InChI=1S/C18H22N4OS/c1-3-9-21(10-4-2)16(23)13-14-17(18-19-8-12-24-18)20-15-7-5-6-11-22(14)15/h5-8,11-12H,3-4,9-10,13H2,1-2H3. The summed E-state index contributed by atoms with van der Waals surface area (Å²) >= 11 is 1.55. The van der Waals surface area contributed by atoms with Crippen molar-refractivity contribution in [1.29, 1.82) is 0 Å². The quantitative estimate of drug-likeness (QED) is 0.658. The zero-order chi connectivity index (χ0) is 16.9. The molecular formula is C18H22N4OS. The van der Waals surface area contributed by atoms with Crippen molar-refractivity contribution in [2.75, 3.05) is 13.1 Å². The lowest BCUT2D eigenvalue weighted by Crippen LogP contribution is -2.34. The minimum atomic E-state index is 0.155. The van der Waals surface area contributed by atoms with E-state index in [0.717, 1.165) is 48.0 Å². The second kappa shape index (κ2) is 7.57. The number of pyridine rings is 1. The maximum atomic E-state index is 12.8. The van der Waals surface area contributed by atoms with Crippen molar-refractivity contribution in [2.24, 2.45) is 0 Å². The molecule has 0 aliphatic heterocycles. The molecule has 0 unspecified atom stereocenters. The van der Waals surface area contributed by atoms with Crippen LogP contribution in [0.5, 0.6) is 0 Å². The molecule has 24 heavy (non-hydrogen) atoms. The Hall–Kier alpha value is -2.21. The van der Waals surface area contributed by atoms with Gasteiger partial charge < -0.3 is 9.30 Å². The van der Waals surface area contributed by atoms with E-state index in [-0.39, 0.29) is 5.91 Å². The highest BCUT2D eigenvalue weighted by Crippen LogP contribution is 2.27. The van der Waals surface area contributed by atoms with E-state index in [1.165, 1.54) is 0 Å². The minimum Gasteiger partial charge on any atom is -0.342 e.